The normalized spacial score (nSPS) is 14.8. The fourth-order valence-electron chi connectivity index (χ4n) is 2.45. The fourth-order valence-corrected chi connectivity index (χ4v) is 7.34. The van der Waals surface area contributed by atoms with Crippen LogP contribution in [0.25, 0.3) is 0 Å². The van der Waals surface area contributed by atoms with Crippen molar-refractivity contribution in [2.45, 2.75) is 211 Å². The molecular formula is C32H76O10Si2Ti. The summed E-state index contributed by atoms with van der Waals surface area (Å²) in [4.78, 5) is 21.0. The van der Waals surface area contributed by atoms with Crippen molar-refractivity contribution >= 4 is 18.1 Å². The summed E-state index contributed by atoms with van der Waals surface area (Å²) >= 11 is 0. The molecule has 0 fully saturated rings. The molecule has 0 amide bonds. The van der Waals surface area contributed by atoms with Gasteiger partial charge in [-0.1, -0.05) is 13.8 Å². The summed E-state index contributed by atoms with van der Waals surface area (Å²) in [6.45, 7) is 41.0. The maximum absolute atomic E-state index is 10.5. The summed E-state index contributed by atoms with van der Waals surface area (Å²) < 4.78 is 33.8. The van der Waals surface area contributed by atoms with Crippen LogP contribution < -0.4 is 0 Å². The molecule has 0 saturated carbocycles. The Kier molecular flexibility index (Phi) is 26.7. The van der Waals surface area contributed by atoms with Gasteiger partial charge in [-0.05, 0) is 151 Å². The van der Waals surface area contributed by atoms with Crippen LogP contribution in [0.5, 0.6) is 0 Å². The molecule has 0 aromatic rings. The van der Waals surface area contributed by atoms with Gasteiger partial charge in [-0.3, -0.25) is 0 Å². The zero-order valence-corrected chi connectivity index (χ0v) is 36.9. The molecule has 0 saturated heterocycles. The first-order valence-corrected chi connectivity index (χ1v) is 19.1. The van der Waals surface area contributed by atoms with Gasteiger partial charge in [-0.2, -0.15) is 0 Å². The molecular weight excluding hydrogens is 648 g/mol. The van der Waals surface area contributed by atoms with Crippen molar-refractivity contribution in [1.82, 2.24) is 0 Å². The van der Waals surface area contributed by atoms with E-state index in [9.17, 15) is 9.59 Å². The number of hydrogen-bond donors (Lipinski definition) is 4. The summed E-state index contributed by atoms with van der Waals surface area (Å²) in [5.74, 6) is 0. The van der Waals surface area contributed by atoms with Gasteiger partial charge >= 0.3 is 18.1 Å². The Balaban J connectivity index is -0.000000179. The van der Waals surface area contributed by atoms with E-state index in [1.165, 1.54) is 0 Å². The molecule has 0 aliphatic rings. The van der Waals surface area contributed by atoms with E-state index in [4.69, 9.17) is 36.8 Å². The zero-order valence-electron chi connectivity index (χ0n) is 33.3. The summed E-state index contributed by atoms with van der Waals surface area (Å²) in [6, 6.07) is 0. The Labute approximate surface area is 296 Å². The number of rotatable bonds is 8. The summed E-state index contributed by atoms with van der Waals surface area (Å²) in [6.07, 6.45) is 1.49. The van der Waals surface area contributed by atoms with Crippen LogP contribution >= 0.6 is 0 Å². The van der Waals surface area contributed by atoms with Crippen molar-refractivity contribution in [3.8, 4) is 0 Å². The summed E-state index contributed by atoms with van der Waals surface area (Å²) in [5, 5.41) is 16.7. The molecule has 0 bridgehead atoms. The van der Waals surface area contributed by atoms with Gasteiger partial charge in [0.1, 0.15) is 0 Å². The molecule has 0 rings (SSSR count). The smallest absolute Gasteiger partial charge is 0.393 e. The van der Waals surface area contributed by atoms with Gasteiger partial charge in [-0.15, -0.1) is 0 Å². The topological polar surface area (TPSA) is 136 Å². The van der Waals surface area contributed by atoms with Crippen molar-refractivity contribution < 1.29 is 68.1 Å². The molecule has 0 aromatic carbocycles. The Hall–Kier alpha value is 0.748. The molecule has 0 aliphatic carbocycles. The van der Waals surface area contributed by atoms with Gasteiger partial charge in [-0.25, -0.2) is 0 Å². The van der Waals surface area contributed by atoms with E-state index in [1.54, 1.807) is 13.8 Å². The second-order valence-corrected chi connectivity index (χ2v) is 20.2. The first kappa shape index (κ1) is 55.2. The molecule has 45 heavy (non-hydrogen) atoms. The van der Waals surface area contributed by atoms with E-state index < -0.39 is 51.7 Å². The molecule has 0 aliphatic heterocycles. The average molecular weight is 725 g/mol. The summed E-state index contributed by atoms with van der Waals surface area (Å²) in [7, 11) is -7.31. The van der Waals surface area contributed by atoms with Crippen LogP contribution in [0.4, 0.5) is 0 Å². The zero-order chi connectivity index (χ0) is 36.8. The van der Waals surface area contributed by atoms with Gasteiger partial charge in [0.15, 0.2) is 0 Å². The first-order chi connectivity index (χ1) is 18.8. The quantitative estimate of drug-likeness (QED) is 0.189. The van der Waals surface area contributed by atoms with E-state index in [0.717, 1.165) is 12.8 Å². The molecule has 2 unspecified atom stereocenters. The van der Waals surface area contributed by atoms with Crippen LogP contribution in [0.2, 0.25) is 0 Å². The molecule has 0 aromatic heterocycles. The van der Waals surface area contributed by atoms with Crippen molar-refractivity contribution in [3.05, 3.63) is 0 Å². The largest absolute Gasteiger partial charge is 0.678 e. The van der Waals surface area contributed by atoms with Crippen LogP contribution in [0.1, 0.15) is 165 Å². The fraction of sp³-hybridized carbons (Fsp3) is 1.00. The Morgan fingerprint density at radius 3 is 0.533 bits per heavy atom. The van der Waals surface area contributed by atoms with Gasteiger partial charge < -0.3 is 46.4 Å². The van der Waals surface area contributed by atoms with E-state index in [0.29, 0.717) is 0 Å². The second kappa shape index (κ2) is 21.8. The monoisotopic (exact) mass is 724 g/mol. The van der Waals surface area contributed by atoms with Crippen molar-refractivity contribution in [1.29, 1.82) is 0 Å². The molecule has 0 heterocycles. The number of hydrogen-bond acceptors (Lipinski definition) is 10. The van der Waals surface area contributed by atoms with Crippen LogP contribution in [-0.4, -0.2) is 83.7 Å². The predicted octanol–water partition coefficient (Wildman–Crippen LogP) is 7.27. The average Bonchev–Trinajstić information content (AvgIpc) is 2.58. The predicted molar refractivity (Wildman–Crippen MR) is 185 cm³/mol. The standard InChI is InChI=1S/2C12H28O4Si.2C4H10O.Ti/c2*1-10(2,3)14-17(13,15-11(4,5)6)16-12(7,8)9;2*1-3-4(2)5;/h2*13H,1-9H3;2*4-5H,3H2,1-2H3;. The Bertz CT molecular complexity index is 582. The third-order valence-corrected chi connectivity index (χ3v) is 9.01. The second-order valence-electron chi connectivity index (χ2n) is 16.8. The van der Waals surface area contributed by atoms with Gasteiger partial charge in [0.05, 0.1) is 45.8 Å². The molecule has 0 radical (unpaired) electrons. The third kappa shape index (κ3) is 49.2. The van der Waals surface area contributed by atoms with Crippen LogP contribution in [-0.2, 0) is 48.3 Å². The van der Waals surface area contributed by atoms with Crippen LogP contribution in [0.3, 0.4) is 0 Å². The molecule has 2 atom stereocenters. The van der Waals surface area contributed by atoms with Gasteiger partial charge in [0, 0.05) is 21.7 Å². The van der Waals surface area contributed by atoms with Crippen molar-refractivity contribution in [2.24, 2.45) is 0 Å². The van der Waals surface area contributed by atoms with Gasteiger partial charge in [0.2, 0.25) is 0 Å². The van der Waals surface area contributed by atoms with Crippen LogP contribution in [0, 0.1) is 0 Å². The Morgan fingerprint density at radius 2 is 0.489 bits per heavy atom. The molecule has 4 N–H and O–H groups in total. The van der Waals surface area contributed by atoms with Gasteiger partial charge in [0.25, 0.3) is 0 Å². The van der Waals surface area contributed by atoms with E-state index in [1.807, 2.05) is 138 Å². The van der Waals surface area contributed by atoms with E-state index >= 15 is 0 Å². The molecule has 10 nitrogen and oxygen atoms in total. The minimum Gasteiger partial charge on any atom is -0.393 e. The molecule has 276 valence electrons. The molecule has 13 heteroatoms. The number of aliphatic hydroxyl groups excluding tert-OH is 2. The molecule has 0 spiro atoms. The minimum atomic E-state index is -3.66. The Morgan fingerprint density at radius 1 is 0.400 bits per heavy atom. The number of aliphatic hydroxyl groups is 2. The SMILES string of the molecule is CC(C)(C)O[Si](O)(OC(C)(C)C)OC(C)(C)C.CC(C)(C)O[Si](O)(OC(C)(C)C)OC(C)(C)C.CCC(C)O.CCC(C)O.[Ti]. The maximum atomic E-state index is 10.5. The van der Waals surface area contributed by atoms with Crippen LogP contribution in [0.15, 0.2) is 0 Å². The van der Waals surface area contributed by atoms with E-state index in [-0.39, 0.29) is 33.9 Å². The summed E-state index contributed by atoms with van der Waals surface area (Å²) in [5.41, 5.74) is -3.10. The maximum Gasteiger partial charge on any atom is 0.678 e. The minimum absolute atomic E-state index is 0. The van der Waals surface area contributed by atoms with Crippen molar-refractivity contribution in [3.63, 3.8) is 0 Å². The van der Waals surface area contributed by atoms with E-state index in [2.05, 4.69) is 0 Å². The third-order valence-electron chi connectivity index (χ3n) is 3.79. The van der Waals surface area contributed by atoms with Crippen molar-refractivity contribution in [2.75, 3.05) is 0 Å². The first-order valence-electron chi connectivity index (χ1n) is 15.8.